The number of nitrogens with zero attached hydrogens (tertiary/aromatic N) is 3. The molecule has 3 heterocycles. The van der Waals surface area contributed by atoms with Crippen molar-refractivity contribution in [2.45, 2.75) is 13.5 Å². The van der Waals surface area contributed by atoms with Gasteiger partial charge in [0.15, 0.2) is 0 Å². The zero-order valence-electron chi connectivity index (χ0n) is 11.3. The predicted molar refractivity (Wildman–Crippen MR) is 78.7 cm³/mol. The van der Waals surface area contributed by atoms with E-state index >= 15 is 0 Å². The van der Waals surface area contributed by atoms with E-state index in [1.165, 1.54) is 11.3 Å². The molecule has 0 spiro atoms. The maximum atomic E-state index is 12.2. The zero-order valence-corrected chi connectivity index (χ0v) is 12.1. The summed E-state index contributed by atoms with van der Waals surface area (Å²) in [6, 6.07) is 7.55. The van der Waals surface area contributed by atoms with Crippen LogP contribution in [0.1, 0.15) is 21.1 Å². The Morgan fingerprint density at radius 2 is 2.30 bits per heavy atom. The molecule has 0 bridgehead atoms. The van der Waals surface area contributed by atoms with Gasteiger partial charge in [-0.3, -0.25) is 14.5 Å². The number of amides is 1. The van der Waals surface area contributed by atoms with Gasteiger partial charge in [-0.05, 0) is 25.1 Å². The monoisotopic (exact) mass is 286 g/mol. The molecule has 0 saturated carbocycles. The molecular formula is C14H14N4OS. The molecule has 3 rings (SSSR count). The van der Waals surface area contributed by atoms with Crippen LogP contribution in [0.5, 0.6) is 0 Å². The molecule has 0 radical (unpaired) electrons. The number of rotatable bonds is 3. The second-order valence-corrected chi connectivity index (χ2v) is 5.57. The molecular weight excluding hydrogens is 272 g/mol. The Labute approximate surface area is 120 Å². The molecule has 0 saturated heterocycles. The molecule has 5 nitrogen and oxygen atoms in total. The van der Waals surface area contributed by atoms with Crippen molar-refractivity contribution >= 4 is 27.5 Å². The van der Waals surface area contributed by atoms with Crippen LogP contribution in [0.25, 0.3) is 10.2 Å². The standard InChI is InChI=1S/C14H14N4OS/c1-9-11-7-12(20-14(11)18(2)17-9)13(19)16-8-10-5-3-4-6-15-10/h3-7H,8H2,1-2H3,(H,16,19). The first-order valence-corrected chi connectivity index (χ1v) is 7.08. The van der Waals surface area contributed by atoms with Crippen LogP contribution in [-0.2, 0) is 13.6 Å². The lowest BCUT2D eigenvalue weighted by Crippen LogP contribution is -2.22. The minimum atomic E-state index is -0.0729. The van der Waals surface area contributed by atoms with Gasteiger partial charge in [0.1, 0.15) is 4.83 Å². The van der Waals surface area contributed by atoms with Gasteiger partial charge in [-0.2, -0.15) is 5.10 Å². The molecule has 0 unspecified atom stereocenters. The largest absolute Gasteiger partial charge is 0.346 e. The van der Waals surface area contributed by atoms with Crippen molar-refractivity contribution in [3.05, 3.63) is 46.7 Å². The SMILES string of the molecule is Cc1nn(C)c2sc(C(=O)NCc3ccccn3)cc12. The fraction of sp³-hybridized carbons (Fsp3) is 0.214. The summed E-state index contributed by atoms with van der Waals surface area (Å²) in [5.41, 5.74) is 1.79. The Hall–Kier alpha value is -2.21. The summed E-state index contributed by atoms with van der Waals surface area (Å²) in [5.74, 6) is -0.0729. The molecule has 0 fully saturated rings. The average Bonchev–Trinajstić information content (AvgIpc) is 3.00. The second kappa shape index (κ2) is 5.05. The molecule has 6 heteroatoms. The van der Waals surface area contributed by atoms with E-state index < -0.39 is 0 Å². The highest BCUT2D eigenvalue weighted by molar-refractivity contribution is 7.20. The highest BCUT2D eigenvalue weighted by atomic mass is 32.1. The van der Waals surface area contributed by atoms with Crippen molar-refractivity contribution in [2.24, 2.45) is 7.05 Å². The number of hydrogen-bond acceptors (Lipinski definition) is 4. The van der Waals surface area contributed by atoms with E-state index in [1.54, 1.807) is 6.20 Å². The Morgan fingerprint density at radius 1 is 1.45 bits per heavy atom. The summed E-state index contributed by atoms with van der Waals surface area (Å²) in [7, 11) is 1.89. The van der Waals surface area contributed by atoms with E-state index in [2.05, 4.69) is 15.4 Å². The molecule has 0 aliphatic carbocycles. The Morgan fingerprint density at radius 3 is 3.00 bits per heavy atom. The molecule has 3 aromatic heterocycles. The number of aromatic nitrogens is 3. The Balaban J connectivity index is 1.77. The van der Waals surface area contributed by atoms with Gasteiger partial charge in [-0.1, -0.05) is 6.07 Å². The number of thiophene rings is 1. The maximum Gasteiger partial charge on any atom is 0.261 e. The fourth-order valence-corrected chi connectivity index (χ4v) is 3.12. The number of fused-ring (bicyclic) bond motifs is 1. The van der Waals surface area contributed by atoms with Crippen LogP contribution in [0.3, 0.4) is 0 Å². The van der Waals surface area contributed by atoms with Crippen LogP contribution in [0.2, 0.25) is 0 Å². The smallest absolute Gasteiger partial charge is 0.261 e. The van der Waals surface area contributed by atoms with Crippen molar-refractivity contribution in [2.75, 3.05) is 0 Å². The highest BCUT2D eigenvalue weighted by Crippen LogP contribution is 2.27. The number of hydrogen-bond donors (Lipinski definition) is 1. The number of carbonyl (C=O) groups excluding carboxylic acids is 1. The van der Waals surface area contributed by atoms with Crippen LogP contribution in [0, 0.1) is 6.92 Å². The second-order valence-electron chi connectivity index (χ2n) is 4.54. The summed E-state index contributed by atoms with van der Waals surface area (Å²) in [5, 5.41) is 8.26. The molecule has 102 valence electrons. The minimum absolute atomic E-state index is 0.0729. The van der Waals surface area contributed by atoms with Gasteiger partial charge < -0.3 is 5.32 Å². The van der Waals surface area contributed by atoms with Crippen LogP contribution in [0.15, 0.2) is 30.5 Å². The van der Waals surface area contributed by atoms with Crippen LogP contribution in [-0.4, -0.2) is 20.7 Å². The summed E-state index contributed by atoms with van der Waals surface area (Å²) >= 11 is 1.46. The van der Waals surface area contributed by atoms with Crippen molar-refractivity contribution < 1.29 is 4.79 Å². The first-order valence-electron chi connectivity index (χ1n) is 6.26. The Bertz CT molecular complexity index is 726. The summed E-state index contributed by atoms with van der Waals surface area (Å²) < 4.78 is 1.81. The van der Waals surface area contributed by atoms with E-state index in [-0.39, 0.29) is 5.91 Å². The van der Waals surface area contributed by atoms with Gasteiger partial charge in [-0.15, -0.1) is 11.3 Å². The predicted octanol–water partition coefficient (Wildman–Crippen LogP) is 2.27. The molecule has 3 aromatic rings. The average molecular weight is 286 g/mol. The summed E-state index contributed by atoms with van der Waals surface area (Å²) in [6.07, 6.45) is 1.72. The topological polar surface area (TPSA) is 59.8 Å². The van der Waals surface area contributed by atoms with Crippen LogP contribution >= 0.6 is 11.3 Å². The van der Waals surface area contributed by atoms with E-state index in [0.717, 1.165) is 21.6 Å². The minimum Gasteiger partial charge on any atom is -0.346 e. The number of pyridine rings is 1. The van der Waals surface area contributed by atoms with Crippen LogP contribution in [0.4, 0.5) is 0 Å². The first-order chi connectivity index (χ1) is 9.65. The van der Waals surface area contributed by atoms with Gasteiger partial charge in [0.25, 0.3) is 5.91 Å². The van der Waals surface area contributed by atoms with Gasteiger partial charge >= 0.3 is 0 Å². The van der Waals surface area contributed by atoms with Gasteiger partial charge in [0.2, 0.25) is 0 Å². The molecule has 1 amide bonds. The van der Waals surface area contributed by atoms with Gasteiger partial charge in [0.05, 0.1) is 22.8 Å². The maximum absolute atomic E-state index is 12.2. The summed E-state index contributed by atoms with van der Waals surface area (Å²) in [4.78, 5) is 18.0. The molecule has 0 aromatic carbocycles. The van der Waals surface area contributed by atoms with Crippen LogP contribution < -0.4 is 5.32 Å². The number of aryl methyl sites for hydroxylation is 2. The molecule has 0 aliphatic rings. The van der Waals surface area contributed by atoms with Crippen molar-refractivity contribution in [1.82, 2.24) is 20.1 Å². The fourth-order valence-electron chi connectivity index (χ4n) is 2.08. The lowest BCUT2D eigenvalue weighted by atomic mass is 10.3. The Kier molecular flexibility index (Phi) is 3.23. The van der Waals surface area contributed by atoms with Crippen molar-refractivity contribution in [3.63, 3.8) is 0 Å². The van der Waals surface area contributed by atoms with E-state index in [4.69, 9.17) is 0 Å². The third-order valence-electron chi connectivity index (χ3n) is 3.08. The third-order valence-corrected chi connectivity index (χ3v) is 4.28. The quantitative estimate of drug-likeness (QED) is 0.803. The van der Waals surface area contributed by atoms with Crippen molar-refractivity contribution in [1.29, 1.82) is 0 Å². The van der Waals surface area contributed by atoms with E-state index in [0.29, 0.717) is 11.4 Å². The van der Waals surface area contributed by atoms with E-state index in [1.807, 2.05) is 42.9 Å². The normalized spacial score (nSPS) is 10.9. The zero-order chi connectivity index (χ0) is 14.1. The molecule has 0 aliphatic heterocycles. The molecule has 1 N–H and O–H groups in total. The summed E-state index contributed by atoms with van der Waals surface area (Å²) in [6.45, 7) is 2.38. The van der Waals surface area contributed by atoms with Gasteiger partial charge in [0, 0.05) is 18.6 Å². The lowest BCUT2D eigenvalue weighted by molar-refractivity contribution is 0.0954. The van der Waals surface area contributed by atoms with Crippen molar-refractivity contribution in [3.8, 4) is 0 Å². The number of nitrogens with one attached hydrogen (secondary N) is 1. The van der Waals surface area contributed by atoms with E-state index in [9.17, 15) is 4.79 Å². The molecule has 0 atom stereocenters. The third kappa shape index (κ3) is 2.30. The highest BCUT2D eigenvalue weighted by Gasteiger charge is 2.14. The van der Waals surface area contributed by atoms with Gasteiger partial charge in [-0.25, -0.2) is 0 Å². The first kappa shape index (κ1) is 12.8. The molecule has 20 heavy (non-hydrogen) atoms. The lowest BCUT2D eigenvalue weighted by Gasteiger charge is -2.02. The number of carbonyl (C=O) groups is 1.